The quantitative estimate of drug-likeness (QED) is 0.593. The number of carbonyl (C=O) groups excluding carboxylic acids is 2. The van der Waals surface area contributed by atoms with Gasteiger partial charge in [0.15, 0.2) is 0 Å². The van der Waals surface area contributed by atoms with Gasteiger partial charge in [-0.2, -0.15) is 0 Å². The number of hydrogen-bond donors (Lipinski definition) is 2. The predicted octanol–water partition coefficient (Wildman–Crippen LogP) is 4.54. The molecule has 5 nitrogen and oxygen atoms in total. The van der Waals surface area contributed by atoms with Crippen molar-refractivity contribution in [3.05, 3.63) is 69.3 Å². The number of carbonyl (C=O) groups is 2. The summed E-state index contributed by atoms with van der Waals surface area (Å²) in [6.07, 6.45) is 0.782. The van der Waals surface area contributed by atoms with Gasteiger partial charge >= 0.3 is 0 Å². The Morgan fingerprint density at radius 3 is 2.57 bits per heavy atom. The first-order chi connectivity index (χ1) is 14.2. The van der Waals surface area contributed by atoms with Gasteiger partial charge in [-0.25, -0.2) is 0 Å². The van der Waals surface area contributed by atoms with Crippen LogP contribution in [0, 0.1) is 0 Å². The van der Waals surface area contributed by atoms with Crippen LogP contribution in [-0.4, -0.2) is 34.8 Å². The van der Waals surface area contributed by atoms with Crippen molar-refractivity contribution in [2.75, 3.05) is 13.1 Å². The van der Waals surface area contributed by atoms with Crippen LogP contribution in [0.15, 0.2) is 46.9 Å². The second-order valence-electron chi connectivity index (χ2n) is 8.82. The number of nitrogens with one attached hydrogen (secondary N) is 2. The molecule has 0 bridgehead atoms. The van der Waals surface area contributed by atoms with Gasteiger partial charge in [-0.15, -0.1) is 0 Å². The number of para-hydroxylation sites is 1. The molecule has 2 amide bonds. The monoisotopic (exact) mass is 467 g/mol. The van der Waals surface area contributed by atoms with Gasteiger partial charge in [-0.3, -0.25) is 9.59 Å². The zero-order chi connectivity index (χ0) is 21.5. The molecule has 0 saturated carbocycles. The third kappa shape index (κ3) is 4.01. The minimum atomic E-state index is -0.225. The molecule has 0 radical (unpaired) electrons. The lowest BCUT2D eigenvalue weighted by molar-refractivity contribution is -0.131. The van der Waals surface area contributed by atoms with Crippen LogP contribution < -0.4 is 5.32 Å². The Kier molecular flexibility index (Phi) is 5.45. The molecule has 1 aliphatic heterocycles. The van der Waals surface area contributed by atoms with Crippen LogP contribution in [0.25, 0.3) is 10.9 Å². The minimum absolute atomic E-state index is 0.00123. The molecule has 0 saturated heterocycles. The van der Waals surface area contributed by atoms with E-state index in [1.807, 2.05) is 41.3 Å². The summed E-state index contributed by atoms with van der Waals surface area (Å²) in [6, 6.07) is 13.7. The van der Waals surface area contributed by atoms with Crippen LogP contribution in [-0.2, 0) is 23.2 Å². The molecule has 0 fully saturated rings. The Morgan fingerprint density at radius 1 is 1.13 bits per heavy atom. The maximum absolute atomic E-state index is 12.7. The summed E-state index contributed by atoms with van der Waals surface area (Å²) in [5.41, 5.74) is 5.20. The van der Waals surface area contributed by atoms with E-state index in [0.717, 1.165) is 27.4 Å². The number of benzene rings is 2. The van der Waals surface area contributed by atoms with Crippen LogP contribution in [0.1, 0.15) is 48.0 Å². The Morgan fingerprint density at radius 2 is 1.87 bits per heavy atom. The first-order valence-electron chi connectivity index (χ1n) is 10.2. The van der Waals surface area contributed by atoms with Crippen molar-refractivity contribution in [2.45, 2.75) is 39.2 Å². The number of fused-ring (bicyclic) bond motifs is 3. The molecule has 2 heterocycles. The van der Waals surface area contributed by atoms with E-state index in [4.69, 9.17) is 0 Å². The van der Waals surface area contributed by atoms with Crippen molar-refractivity contribution in [3.8, 4) is 0 Å². The van der Waals surface area contributed by atoms with Crippen LogP contribution in [0.3, 0.4) is 0 Å². The molecular formula is C24H26BrN3O2. The van der Waals surface area contributed by atoms with Crippen molar-refractivity contribution in [3.63, 3.8) is 0 Å². The molecular weight excluding hydrogens is 442 g/mol. The SMILES string of the molecule is CC(C)(C)c1ccc(C(=O)NCC(=O)N2CCc3[nH]c4c(Br)cccc4c3C2)cc1. The highest BCUT2D eigenvalue weighted by Gasteiger charge is 2.25. The highest BCUT2D eigenvalue weighted by Crippen LogP contribution is 2.31. The van der Waals surface area contributed by atoms with E-state index in [2.05, 4.69) is 53.1 Å². The van der Waals surface area contributed by atoms with E-state index >= 15 is 0 Å². The predicted molar refractivity (Wildman–Crippen MR) is 123 cm³/mol. The lowest BCUT2D eigenvalue weighted by Crippen LogP contribution is -2.42. The summed E-state index contributed by atoms with van der Waals surface area (Å²) >= 11 is 3.59. The normalized spacial score (nSPS) is 13.9. The number of halogens is 1. The van der Waals surface area contributed by atoms with Gasteiger partial charge in [0.25, 0.3) is 5.91 Å². The van der Waals surface area contributed by atoms with E-state index in [-0.39, 0.29) is 23.8 Å². The summed E-state index contributed by atoms with van der Waals surface area (Å²) in [5.74, 6) is -0.290. The number of aromatic amines is 1. The third-order valence-electron chi connectivity index (χ3n) is 5.73. The van der Waals surface area contributed by atoms with E-state index in [1.54, 1.807) is 0 Å². The van der Waals surface area contributed by atoms with Crippen LogP contribution in [0.5, 0.6) is 0 Å². The van der Waals surface area contributed by atoms with E-state index < -0.39 is 0 Å². The topological polar surface area (TPSA) is 65.2 Å². The molecule has 6 heteroatoms. The molecule has 3 aromatic rings. The largest absolute Gasteiger partial charge is 0.357 e. The molecule has 2 N–H and O–H groups in total. The Labute approximate surface area is 185 Å². The van der Waals surface area contributed by atoms with Gasteiger partial charge in [0, 0.05) is 46.2 Å². The van der Waals surface area contributed by atoms with Gasteiger partial charge in [0.2, 0.25) is 5.91 Å². The number of nitrogens with zero attached hydrogens (tertiary/aromatic N) is 1. The summed E-state index contributed by atoms with van der Waals surface area (Å²) in [6.45, 7) is 7.61. The van der Waals surface area contributed by atoms with E-state index in [9.17, 15) is 9.59 Å². The van der Waals surface area contributed by atoms with E-state index in [0.29, 0.717) is 18.7 Å². The molecule has 0 aliphatic carbocycles. The molecule has 0 unspecified atom stereocenters. The van der Waals surface area contributed by atoms with Gasteiger partial charge < -0.3 is 15.2 Å². The standard InChI is InChI=1S/C24H26BrN3O2/c1-24(2,3)16-9-7-15(8-10-16)23(30)26-13-21(29)28-12-11-20-18(14-28)17-5-4-6-19(25)22(17)27-20/h4-10,27H,11-14H2,1-3H3,(H,26,30). The summed E-state index contributed by atoms with van der Waals surface area (Å²) in [7, 11) is 0. The molecule has 0 spiro atoms. The lowest BCUT2D eigenvalue weighted by Gasteiger charge is -2.27. The number of amides is 2. The average molecular weight is 468 g/mol. The highest BCUT2D eigenvalue weighted by molar-refractivity contribution is 9.10. The van der Waals surface area contributed by atoms with Crippen molar-refractivity contribution in [1.82, 2.24) is 15.2 Å². The molecule has 4 rings (SSSR count). The second kappa shape index (κ2) is 7.91. The van der Waals surface area contributed by atoms with Crippen LogP contribution in [0.4, 0.5) is 0 Å². The van der Waals surface area contributed by atoms with Crippen molar-refractivity contribution in [2.24, 2.45) is 0 Å². The maximum Gasteiger partial charge on any atom is 0.251 e. The van der Waals surface area contributed by atoms with Crippen molar-refractivity contribution >= 4 is 38.6 Å². The molecule has 1 aromatic heterocycles. The molecule has 30 heavy (non-hydrogen) atoms. The van der Waals surface area contributed by atoms with Gasteiger partial charge in [-0.1, -0.05) is 45.0 Å². The van der Waals surface area contributed by atoms with Gasteiger partial charge in [-0.05, 0) is 45.1 Å². The summed E-state index contributed by atoms with van der Waals surface area (Å²) in [5, 5.41) is 3.91. The zero-order valence-electron chi connectivity index (χ0n) is 17.5. The average Bonchev–Trinajstić information content (AvgIpc) is 3.10. The smallest absolute Gasteiger partial charge is 0.251 e. The zero-order valence-corrected chi connectivity index (χ0v) is 19.1. The highest BCUT2D eigenvalue weighted by atomic mass is 79.9. The molecule has 1 aliphatic rings. The Hall–Kier alpha value is -2.60. The first kappa shape index (κ1) is 20.7. The lowest BCUT2D eigenvalue weighted by atomic mass is 9.87. The Bertz CT molecular complexity index is 1110. The minimum Gasteiger partial charge on any atom is -0.357 e. The fourth-order valence-electron chi connectivity index (χ4n) is 3.91. The van der Waals surface area contributed by atoms with Crippen LogP contribution >= 0.6 is 15.9 Å². The fraction of sp³-hybridized carbons (Fsp3) is 0.333. The van der Waals surface area contributed by atoms with Crippen molar-refractivity contribution < 1.29 is 9.59 Å². The van der Waals surface area contributed by atoms with Gasteiger partial charge in [0.1, 0.15) is 0 Å². The summed E-state index contributed by atoms with van der Waals surface area (Å²) < 4.78 is 1.03. The number of aromatic nitrogens is 1. The number of rotatable bonds is 3. The molecule has 2 aromatic carbocycles. The van der Waals surface area contributed by atoms with Crippen LogP contribution in [0.2, 0.25) is 0 Å². The van der Waals surface area contributed by atoms with Gasteiger partial charge in [0.05, 0.1) is 12.1 Å². The molecule has 156 valence electrons. The summed E-state index contributed by atoms with van der Waals surface area (Å²) in [4.78, 5) is 30.5. The van der Waals surface area contributed by atoms with E-state index in [1.165, 1.54) is 11.3 Å². The second-order valence-corrected chi connectivity index (χ2v) is 9.67. The number of H-pyrrole nitrogens is 1. The molecule has 0 atom stereocenters. The first-order valence-corrected chi connectivity index (χ1v) is 11.0. The Balaban J connectivity index is 1.40. The van der Waals surface area contributed by atoms with Crippen molar-refractivity contribution in [1.29, 1.82) is 0 Å². The fourth-order valence-corrected chi connectivity index (χ4v) is 4.37. The maximum atomic E-state index is 12.7. The number of hydrogen-bond acceptors (Lipinski definition) is 2. The third-order valence-corrected chi connectivity index (χ3v) is 6.39.